The molecule has 2 amide bonds. The Hall–Kier alpha value is -3.31. The first-order valence-corrected chi connectivity index (χ1v) is 10.5. The number of hydrogen-bond donors (Lipinski definition) is 2. The molecule has 0 aliphatic heterocycles. The molecule has 2 N–H and O–H groups in total. The van der Waals surface area contributed by atoms with Crippen molar-refractivity contribution in [2.75, 3.05) is 5.32 Å². The summed E-state index contributed by atoms with van der Waals surface area (Å²) in [5, 5.41) is 6.39. The lowest BCUT2D eigenvalue weighted by Crippen LogP contribution is -2.32. The molecule has 3 aromatic rings. The number of ether oxygens (including phenoxy) is 1. The molecular weight excluding hydrogens is 412 g/mol. The van der Waals surface area contributed by atoms with Crippen molar-refractivity contribution >= 4 is 29.1 Å². The molecule has 0 saturated carbocycles. The van der Waals surface area contributed by atoms with Gasteiger partial charge in [-0.25, -0.2) is 0 Å². The van der Waals surface area contributed by atoms with E-state index in [-0.39, 0.29) is 17.9 Å². The molecule has 6 heteroatoms. The van der Waals surface area contributed by atoms with Gasteiger partial charge in [0.1, 0.15) is 12.4 Å². The third-order valence-electron chi connectivity index (χ3n) is 4.86. The summed E-state index contributed by atoms with van der Waals surface area (Å²) in [5.74, 6) is 0.00410. The second-order valence-corrected chi connectivity index (χ2v) is 7.60. The van der Waals surface area contributed by atoms with Gasteiger partial charge < -0.3 is 15.4 Å². The van der Waals surface area contributed by atoms with Crippen molar-refractivity contribution in [2.45, 2.75) is 32.9 Å². The van der Waals surface area contributed by atoms with E-state index in [9.17, 15) is 9.59 Å². The molecule has 3 rings (SSSR count). The van der Waals surface area contributed by atoms with E-state index in [2.05, 4.69) is 10.6 Å². The SMILES string of the molecule is CC[C@@H](C)NC(=O)c1ccccc1NC(=O)c1cccc(OCc2ccccc2Cl)c1. The van der Waals surface area contributed by atoms with Gasteiger partial charge in [-0.15, -0.1) is 0 Å². The summed E-state index contributed by atoms with van der Waals surface area (Å²) >= 11 is 6.17. The second-order valence-electron chi connectivity index (χ2n) is 7.19. The predicted octanol–water partition coefficient (Wildman–Crippen LogP) is 5.70. The number of rotatable bonds is 8. The third-order valence-corrected chi connectivity index (χ3v) is 5.23. The van der Waals surface area contributed by atoms with E-state index < -0.39 is 0 Å². The van der Waals surface area contributed by atoms with Crippen LogP contribution in [-0.4, -0.2) is 17.9 Å². The minimum Gasteiger partial charge on any atom is -0.489 e. The molecule has 1 atom stereocenters. The molecule has 0 heterocycles. The molecule has 0 aromatic heterocycles. The quantitative estimate of drug-likeness (QED) is 0.476. The monoisotopic (exact) mass is 436 g/mol. The molecule has 160 valence electrons. The fraction of sp³-hybridized carbons (Fsp3) is 0.200. The fourth-order valence-electron chi connectivity index (χ4n) is 2.89. The van der Waals surface area contributed by atoms with E-state index in [4.69, 9.17) is 16.3 Å². The van der Waals surface area contributed by atoms with Crippen LogP contribution in [0.3, 0.4) is 0 Å². The Morgan fingerprint density at radius 3 is 2.48 bits per heavy atom. The van der Waals surface area contributed by atoms with Crippen LogP contribution in [-0.2, 0) is 6.61 Å². The maximum atomic E-state index is 12.8. The summed E-state index contributed by atoms with van der Waals surface area (Å²) < 4.78 is 5.80. The Morgan fingerprint density at radius 2 is 1.71 bits per heavy atom. The average molecular weight is 437 g/mol. The van der Waals surface area contributed by atoms with Gasteiger partial charge in [-0.1, -0.05) is 54.9 Å². The van der Waals surface area contributed by atoms with Crippen LogP contribution >= 0.6 is 11.6 Å². The zero-order valence-corrected chi connectivity index (χ0v) is 18.3. The van der Waals surface area contributed by atoms with Gasteiger partial charge in [0.15, 0.2) is 0 Å². The Balaban J connectivity index is 1.71. The van der Waals surface area contributed by atoms with Crippen LogP contribution in [0, 0.1) is 0 Å². The first kappa shape index (κ1) is 22.4. The van der Waals surface area contributed by atoms with Gasteiger partial charge in [0.2, 0.25) is 0 Å². The van der Waals surface area contributed by atoms with Gasteiger partial charge >= 0.3 is 0 Å². The number of carbonyl (C=O) groups excluding carboxylic acids is 2. The summed E-state index contributed by atoms with van der Waals surface area (Å²) in [4.78, 5) is 25.4. The van der Waals surface area contributed by atoms with Gasteiger partial charge in [0.05, 0.1) is 11.3 Å². The Morgan fingerprint density at radius 1 is 0.968 bits per heavy atom. The average Bonchev–Trinajstić information content (AvgIpc) is 2.79. The molecular formula is C25H25ClN2O3. The molecule has 0 unspecified atom stereocenters. The normalized spacial score (nSPS) is 11.5. The predicted molar refractivity (Wildman–Crippen MR) is 124 cm³/mol. The zero-order chi connectivity index (χ0) is 22.2. The number of halogens is 1. The number of nitrogens with one attached hydrogen (secondary N) is 2. The fourth-order valence-corrected chi connectivity index (χ4v) is 3.08. The lowest BCUT2D eigenvalue weighted by atomic mass is 10.1. The van der Waals surface area contributed by atoms with Crippen LogP contribution in [0.15, 0.2) is 72.8 Å². The van der Waals surface area contributed by atoms with Crippen molar-refractivity contribution in [3.63, 3.8) is 0 Å². The minimum atomic E-state index is -0.327. The molecule has 0 spiro atoms. The molecule has 0 aliphatic rings. The van der Waals surface area contributed by atoms with Gasteiger partial charge in [-0.05, 0) is 49.7 Å². The van der Waals surface area contributed by atoms with E-state index in [1.807, 2.05) is 32.0 Å². The maximum absolute atomic E-state index is 12.8. The van der Waals surface area contributed by atoms with Crippen molar-refractivity contribution in [1.29, 1.82) is 0 Å². The van der Waals surface area contributed by atoms with E-state index >= 15 is 0 Å². The highest BCUT2D eigenvalue weighted by Crippen LogP contribution is 2.21. The topological polar surface area (TPSA) is 67.4 Å². The summed E-state index contributed by atoms with van der Waals surface area (Å²) in [7, 11) is 0. The van der Waals surface area contributed by atoms with Crippen molar-refractivity contribution in [3.05, 3.63) is 94.5 Å². The van der Waals surface area contributed by atoms with Crippen molar-refractivity contribution in [3.8, 4) is 5.75 Å². The van der Waals surface area contributed by atoms with Crippen LogP contribution in [0.2, 0.25) is 5.02 Å². The molecule has 0 radical (unpaired) electrons. The van der Waals surface area contributed by atoms with Crippen LogP contribution in [0.4, 0.5) is 5.69 Å². The molecule has 31 heavy (non-hydrogen) atoms. The summed E-state index contributed by atoms with van der Waals surface area (Å²) in [5.41, 5.74) is 2.16. The molecule has 0 bridgehead atoms. The largest absolute Gasteiger partial charge is 0.489 e. The molecule has 0 aliphatic carbocycles. The Kier molecular flexibility index (Phi) is 7.68. The molecule has 0 fully saturated rings. The summed E-state index contributed by atoms with van der Waals surface area (Å²) in [6, 6.07) is 21.3. The standard InChI is InChI=1S/C25H25ClN2O3/c1-3-17(2)27-25(30)21-12-5-7-14-23(21)28-24(29)18-10-8-11-20(15-18)31-16-19-9-4-6-13-22(19)26/h4-15,17H,3,16H2,1-2H3,(H,27,30)(H,28,29)/t17-/m1/s1. The van der Waals surface area contributed by atoms with Crippen molar-refractivity contribution < 1.29 is 14.3 Å². The lowest BCUT2D eigenvalue weighted by molar-refractivity contribution is 0.0940. The molecule has 5 nitrogen and oxygen atoms in total. The van der Waals surface area contributed by atoms with E-state index in [1.165, 1.54) is 0 Å². The maximum Gasteiger partial charge on any atom is 0.255 e. The number of benzene rings is 3. The number of para-hydroxylation sites is 1. The highest BCUT2D eigenvalue weighted by atomic mass is 35.5. The second kappa shape index (κ2) is 10.6. The van der Waals surface area contributed by atoms with Crippen LogP contribution in [0.25, 0.3) is 0 Å². The third kappa shape index (κ3) is 6.09. The first-order chi connectivity index (χ1) is 15.0. The zero-order valence-electron chi connectivity index (χ0n) is 17.5. The Bertz CT molecular complexity index is 1070. The van der Waals surface area contributed by atoms with Crippen LogP contribution in [0.1, 0.15) is 46.5 Å². The van der Waals surface area contributed by atoms with Crippen molar-refractivity contribution in [1.82, 2.24) is 5.32 Å². The number of amides is 2. The van der Waals surface area contributed by atoms with Gasteiger partial charge in [0, 0.05) is 22.2 Å². The van der Waals surface area contributed by atoms with Gasteiger partial charge in [-0.2, -0.15) is 0 Å². The highest BCUT2D eigenvalue weighted by molar-refractivity contribution is 6.31. The van der Waals surface area contributed by atoms with E-state index in [1.54, 1.807) is 54.6 Å². The highest BCUT2D eigenvalue weighted by Gasteiger charge is 2.15. The lowest BCUT2D eigenvalue weighted by Gasteiger charge is -2.15. The Labute approximate surface area is 187 Å². The summed E-state index contributed by atoms with van der Waals surface area (Å²) in [6.45, 7) is 4.23. The van der Waals surface area contributed by atoms with E-state index in [0.29, 0.717) is 34.2 Å². The summed E-state index contributed by atoms with van der Waals surface area (Å²) in [6.07, 6.45) is 0.821. The van der Waals surface area contributed by atoms with Gasteiger partial charge in [0.25, 0.3) is 11.8 Å². The number of hydrogen-bond acceptors (Lipinski definition) is 3. The van der Waals surface area contributed by atoms with Crippen LogP contribution in [0.5, 0.6) is 5.75 Å². The van der Waals surface area contributed by atoms with Crippen molar-refractivity contribution in [2.24, 2.45) is 0 Å². The van der Waals surface area contributed by atoms with Crippen LogP contribution < -0.4 is 15.4 Å². The molecule has 0 saturated heterocycles. The first-order valence-electron chi connectivity index (χ1n) is 10.2. The molecule has 3 aromatic carbocycles. The number of carbonyl (C=O) groups is 2. The van der Waals surface area contributed by atoms with E-state index in [0.717, 1.165) is 12.0 Å². The smallest absolute Gasteiger partial charge is 0.255 e. The minimum absolute atomic E-state index is 0.0446. The van der Waals surface area contributed by atoms with Gasteiger partial charge in [-0.3, -0.25) is 9.59 Å². The number of anilines is 1.